The van der Waals surface area contributed by atoms with Gasteiger partial charge in [0.25, 0.3) is 5.91 Å². The quantitative estimate of drug-likeness (QED) is 0.643. The van der Waals surface area contributed by atoms with Crippen LogP contribution in [0.15, 0.2) is 60.7 Å². The number of carbonyl (C=O) groups excluding carboxylic acids is 3. The molecule has 7 nitrogen and oxygen atoms in total. The Kier molecular flexibility index (Phi) is 5.83. The number of hydrogen-bond donors (Lipinski definition) is 3. The number of rotatable bonds is 7. The fourth-order valence-electron chi connectivity index (χ4n) is 2.99. The predicted molar refractivity (Wildman–Crippen MR) is 98.3 cm³/mol. The van der Waals surface area contributed by atoms with Crippen molar-refractivity contribution in [2.75, 3.05) is 6.61 Å². The predicted octanol–water partition coefficient (Wildman–Crippen LogP) is 1.35. The maximum Gasteiger partial charge on any atom is 0.325 e. The molecule has 27 heavy (non-hydrogen) atoms. The van der Waals surface area contributed by atoms with Crippen LogP contribution < -0.4 is 10.6 Å². The van der Waals surface area contributed by atoms with Crippen LogP contribution in [0, 0.1) is 0 Å². The van der Waals surface area contributed by atoms with Gasteiger partial charge in [0.1, 0.15) is 6.04 Å². The number of benzene rings is 2. The minimum Gasteiger partial charge on any atom is -0.394 e. The van der Waals surface area contributed by atoms with Crippen LogP contribution in [0.4, 0.5) is 4.79 Å². The number of imide groups is 1. The third-order valence-electron chi connectivity index (χ3n) is 4.40. The van der Waals surface area contributed by atoms with Gasteiger partial charge in [0, 0.05) is 0 Å². The van der Waals surface area contributed by atoms with Gasteiger partial charge in [-0.2, -0.15) is 0 Å². The summed E-state index contributed by atoms with van der Waals surface area (Å²) in [6, 6.07) is 16.2. The van der Waals surface area contributed by atoms with Crippen LogP contribution in [-0.4, -0.2) is 40.5 Å². The lowest BCUT2D eigenvalue weighted by atomic mass is 10.1. The van der Waals surface area contributed by atoms with E-state index in [2.05, 4.69) is 10.6 Å². The van der Waals surface area contributed by atoms with Crippen molar-refractivity contribution in [2.24, 2.45) is 0 Å². The van der Waals surface area contributed by atoms with E-state index in [-0.39, 0.29) is 19.6 Å². The first-order valence-corrected chi connectivity index (χ1v) is 8.69. The lowest BCUT2D eigenvalue weighted by Gasteiger charge is -2.18. The first-order chi connectivity index (χ1) is 13.1. The van der Waals surface area contributed by atoms with Gasteiger partial charge in [0.15, 0.2) is 0 Å². The largest absolute Gasteiger partial charge is 0.394 e. The number of urea groups is 1. The van der Waals surface area contributed by atoms with Crippen LogP contribution in [-0.2, 0) is 16.1 Å². The standard InChI is InChI=1S/C20H21N3O4/c24-13-17(15-9-5-2-6-10-15)21-18(25)11-16-19(26)23(20(27)22-16)12-14-7-3-1-4-8-14/h1-10,16-17,24H,11-13H2,(H,21,25)(H,22,27)/t16-,17+/m1/s1. The zero-order valence-electron chi connectivity index (χ0n) is 14.7. The van der Waals surface area contributed by atoms with Crippen LogP contribution in [0.25, 0.3) is 0 Å². The highest BCUT2D eigenvalue weighted by Gasteiger charge is 2.39. The van der Waals surface area contributed by atoms with Gasteiger partial charge >= 0.3 is 6.03 Å². The van der Waals surface area contributed by atoms with E-state index in [1.165, 1.54) is 0 Å². The maximum atomic E-state index is 12.5. The van der Waals surface area contributed by atoms with Gasteiger partial charge in [-0.25, -0.2) is 4.79 Å². The number of carbonyl (C=O) groups is 3. The normalized spacial score (nSPS) is 17.5. The van der Waals surface area contributed by atoms with Gasteiger partial charge in [-0.05, 0) is 11.1 Å². The second kappa shape index (κ2) is 8.46. The highest BCUT2D eigenvalue weighted by molar-refractivity contribution is 6.05. The molecule has 0 saturated carbocycles. The summed E-state index contributed by atoms with van der Waals surface area (Å²) in [6.45, 7) is -0.103. The van der Waals surface area contributed by atoms with Crippen molar-refractivity contribution in [2.45, 2.75) is 25.0 Å². The van der Waals surface area contributed by atoms with Gasteiger partial charge in [0.2, 0.25) is 5.91 Å². The molecule has 3 rings (SSSR count). The molecule has 1 fully saturated rings. The molecule has 1 aliphatic rings. The summed E-state index contributed by atoms with van der Waals surface area (Å²) in [6.07, 6.45) is -0.181. The van der Waals surface area contributed by atoms with Gasteiger partial charge in [-0.15, -0.1) is 0 Å². The highest BCUT2D eigenvalue weighted by Crippen LogP contribution is 2.16. The Bertz CT molecular complexity index is 810. The number of amides is 4. The van der Waals surface area contributed by atoms with Crippen LogP contribution >= 0.6 is 0 Å². The van der Waals surface area contributed by atoms with E-state index < -0.39 is 29.9 Å². The van der Waals surface area contributed by atoms with Gasteiger partial charge in [0.05, 0.1) is 25.6 Å². The monoisotopic (exact) mass is 367 g/mol. The lowest BCUT2D eigenvalue weighted by Crippen LogP contribution is -2.38. The average Bonchev–Trinajstić information content (AvgIpc) is 2.95. The topological polar surface area (TPSA) is 98.7 Å². The molecule has 1 saturated heterocycles. The molecule has 140 valence electrons. The van der Waals surface area contributed by atoms with Crippen molar-refractivity contribution in [3.05, 3.63) is 71.8 Å². The number of nitrogens with one attached hydrogen (secondary N) is 2. The molecule has 1 heterocycles. The maximum absolute atomic E-state index is 12.5. The molecule has 0 spiro atoms. The van der Waals surface area contributed by atoms with Gasteiger partial charge in [-0.1, -0.05) is 60.7 Å². The molecular formula is C20H21N3O4. The highest BCUT2D eigenvalue weighted by atomic mass is 16.3. The smallest absolute Gasteiger partial charge is 0.325 e. The molecule has 2 aromatic carbocycles. The van der Waals surface area contributed by atoms with Crippen molar-refractivity contribution in [3.8, 4) is 0 Å². The summed E-state index contributed by atoms with van der Waals surface area (Å²) in [7, 11) is 0. The molecule has 0 radical (unpaired) electrons. The van der Waals surface area contributed by atoms with Crippen LogP contribution in [0.5, 0.6) is 0 Å². The Morgan fingerprint density at radius 2 is 1.70 bits per heavy atom. The van der Waals surface area contributed by atoms with E-state index in [9.17, 15) is 19.5 Å². The van der Waals surface area contributed by atoms with Crippen molar-refractivity contribution < 1.29 is 19.5 Å². The van der Waals surface area contributed by atoms with E-state index in [0.29, 0.717) is 0 Å². The molecule has 4 amide bonds. The molecule has 0 aliphatic carbocycles. The number of nitrogens with zero attached hydrogens (tertiary/aromatic N) is 1. The fourth-order valence-corrected chi connectivity index (χ4v) is 2.99. The Balaban J connectivity index is 1.59. The summed E-state index contributed by atoms with van der Waals surface area (Å²) in [4.78, 5) is 38.0. The minimum atomic E-state index is -0.906. The van der Waals surface area contributed by atoms with E-state index in [0.717, 1.165) is 16.0 Å². The molecule has 1 aliphatic heterocycles. The number of aliphatic hydroxyl groups is 1. The zero-order valence-corrected chi connectivity index (χ0v) is 14.7. The zero-order chi connectivity index (χ0) is 19.2. The summed E-state index contributed by atoms with van der Waals surface area (Å²) in [5.74, 6) is -0.850. The van der Waals surface area contributed by atoms with E-state index in [1.54, 1.807) is 12.1 Å². The fraction of sp³-hybridized carbons (Fsp3) is 0.250. The Labute approximate surface area is 157 Å². The molecule has 0 unspecified atom stereocenters. The summed E-state index contributed by atoms with van der Waals surface area (Å²) < 4.78 is 0. The molecule has 2 aromatic rings. The number of aliphatic hydroxyl groups excluding tert-OH is 1. The van der Waals surface area contributed by atoms with Crippen molar-refractivity contribution in [3.63, 3.8) is 0 Å². The van der Waals surface area contributed by atoms with E-state index in [1.807, 2.05) is 48.5 Å². The van der Waals surface area contributed by atoms with Gasteiger partial charge in [-0.3, -0.25) is 14.5 Å². The molecular weight excluding hydrogens is 346 g/mol. The van der Waals surface area contributed by atoms with Crippen molar-refractivity contribution in [1.29, 1.82) is 0 Å². The van der Waals surface area contributed by atoms with E-state index >= 15 is 0 Å². The van der Waals surface area contributed by atoms with E-state index in [4.69, 9.17) is 0 Å². The second-order valence-corrected chi connectivity index (χ2v) is 6.33. The molecule has 3 N–H and O–H groups in total. The summed E-state index contributed by atoms with van der Waals surface area (Å²) in [5, 5.41) is 14.8. The van der Waals surface area contributed by atoms with Crippen molar-refractivity contribution >= 4 is 17.8 Å². The van der Waals surface area contributed by atoms with Gasteiger partial charge < -0.3 is 15.7 Å². The minimum absolute atomic E-state index is 0.160. The van der Waals surface area contributed by atoms with Crippen LogP contribution in [0.1, 0.15) is 23.6 Å². The Morgan fingerprint density at radius 1 is 1.07 bits per heavy atom. The summed E-state index contributed by atoms with van der Waals surface area (Å²) in [5.41, 5.74) is 1.59. The average molecular weight is 367 g/mol. The molecule has 2 atom stereocenters. The van der Waals surface area contributed by atoms with Crippen LogP contribution in [0.3, 0.4) is 0 Å². The third kappa shape index (κ3) is 4.51. The van der Waals surface area contributed by atoms with Crippen LogP contribution in [0.2, 0.25) is 0 Å². The molecule has 7 heteroatoms. The SMILES string of the molecule is O=C(C[C@H]1NC(=O)N(Cc2ccccc2)C1=O)N[C@@H](CO)c1ccccc1. The van der Waals surface area contributed by atoms with Crippen molar-refractivity contribution in [1.82, 2.24) is 15.5 Å². The molecule has 0 bridgehead atoms. The Morgan fingerprint density at radius 3 is 2.33 bits per heavy atom. The number of hydrogen-bond acceptors (Lipinski definition) is 4. The first kappa shape index (κ1) is 18.6. The summed E-state index contributed by atoms with van der Waals surface area (Å²) >= 11 is 0. The third-order valence-corrected chi connectivity index (χ3v) is 4.40. The second-order valence-electron chi connectivity index (χ2n) is 6.33. The first-order valence-electron chi connectivity index (χ1n) is 8.69. The lowest BCUT2D eigenvalue weighted by molar-refractivity contribution is -0.131. The molecule has 0 aromatic heterocycles. The Hall–Kier alpha value is -3.19.